The Morgan fingerprint density at radius 2 is 1.92 bits per heavy atom. The number of carbonyl (C=O) groups is 3. The summed E-state index contributed by atoms with van der Waals surface area (Å²) in [4.78, 5) is 49.9. The molecule has 3 rings (SSSR count). The number of alkyl halides is 1. The molecule has 194 valence electrons. The van der Waals surface area contributed by atoms with Gasteiger partial charge in [0.2, 0.25) is 16.6 Å². The molecule has 0 saturated carbocycles. The Bertz CT molecular complexity index is 1290. The summed E-state index contributed by atoms with van der Waals surface area (Å²) >= 11 is 6.31. The molecule has 0 aromatic carbocycles. The summed E-state index contributed by atoms with van der Waals surface area (Å²) in [5.41, 5.74) is 2.60. The monoisotopic (exact) mass is 548 g/mol. The van der Waals surface area contributed by atoms with Crippen LogP contribution in [0.2, 0.25) is 5.28 Å². The molecule has 3 heterocycles. The molecule has 0 aliphatic heterocycles. The molecule has 3 atom stereocenters. The van der Waals surface area contributed by atoms with Gasteiger partial charge in [0.05, 0.1) is 12.9 Å². The summed E-state index contributed by atoms with van der Waals surface area (Å²) in [6, 6.07) is 0. The molecule has 36 heavy (non-hydrogen) atoms. The van der Waals surface area contributed by atoms with Crippen LogP contribution in [0.15, 0.2) is 12.5 Å². The van der Waals surface area contributed by atoms with Crippen molar-refractivity contribution in [2.75, 3.05) is 19.5 Å². The van der Waals surface area contributed by atoms with Crippen LogP contribution in [0.1, 0.15) is 21.0 Å². The van der Waals surface area contributed by atoms with E-state index in [1.54, 1.807) is 0 Å². The second-order valence-corrected chi connectivity index (χ2v) is 8.65. The highest BCUT2D eigenvalue weighted by Crippen LogP contribution is 2.28. The predicted octanol–water partition coefficient (Wildman–Crippen LogP) is 0.228. The van der Waals surface area contributed by atoms with Gasteiger partial charge in [-0.15, -0.1) is 11.3 Å². The molecule has 0 fully saturated rings. The van der Waals surface area contributed by atoms with Crippen molar-refractivity contribution in [1.82, 2.24) is 24.5 Å². The van der Waals surface area contributed by atoms with Crippen molar-refractivity contribution in [3.05, 3.63) is 27.7 Å². The number of fused-ring (bicyclic) bond motifs is 1. The van der Waals surface area contributed by atoms with Gasteiger partial charge >= 0.3 is 17.9 Å². The zero-order valence-corrected chi connectivity index (χ0v) is 19.7. The number of ether oxygens (including phenoxy) is 2. The van der Waals surface area contributed by atoms with Crippen LogP contribution in [-0.2, 0) is 25.5 Å². The fourth-order valence-corrected chi connectivity index (χ4v) is 4.11. The molecule has 3 aromatic heterocycles. The molecular weight excluding hydrogens is 531 g/mol. The van der Waals surface area contributed by atoms with Crippen molar-refractivity contribution in [2.45, 2.75) is 30.5 Å². The molecule has 0 unspecified atom stereocenters. The number of aliphatic hydroxyl groups is 1. The fourth-order valence-electron chi connectivity index (χ4n) is 3.11. The molecule has 15 nitrogen and oxygen atoms in total. The Balaban J connectivity index is 1.84. The van der Waals surface area contributed by atoms with Gasteiger partial charge in [0.25, 0.3) is 5.60 Å². The van der Waals surface area contributed by atoms with Crippen LogP contribution in [0.4, 0.5) is 10.2 Å². The summed E-state index contributed by atoms with van der Waals surface area (Å²) in [6.07, 6.45) is -4.75. The lowest BCUT2D eigenvalue weighted by atomic mass is 9.98. The molecule has 0 aliphatic rings. The van der Waals surface area contributed by atoms with E-state index in [1.165, 1.54) is 0 Å². The third-order valence-electron chi connectivity index (χ3n) is 5.00. The van der Waals surface area contributed by atoms with E-state index < -0.39 is 60.0 Å². The van der Waals surface area contributed by atoms with E-state index in [0.29, 0.717) is 11.3 Å². The van der Waals surface area contributed by atoms with E-state index in [9.17, 15) is 29.7 Å². The molecule has 0 spiro atoms. The average Bonchev–Trinajstić information content (AvgIpc) is 3.45. The Morgan fingerprint density at radius 3 is 2.47 bits per heavy atom. The third kappa shape index (κ3) is 5.19. The minimum Gasteiger partial charge on any atom is -0.479 e. The lowest BCUT2D eigenvalue weighted by Crippen LogP contribution is -2.53. The predicted molar refractivity (Wildman–Crippen MR) is 118 cm³/mol. The number of nitrogens with zero attached hydrogens (tertiary/aromatic N) is 5. The van der Waals surface area contributed by atoms with Crippen molar-refractivity contribution in [1.29, 1.82) is 0 Å². The van der Waals surface area contributed by atoms with Gasteiger partial charge in [-0.25, -0.2) is 28.7 Å². The number of nitrogens with two attached hydrogens (primary N) is 1. The third-order valence-corrected chi connectivity index (χ3v) is 6.15. The molecule has 0 saturated heterocycles. The molecule has 0 bridgehead atoms. The van der Waals surface area contributed by atoms with Gasteiger partial charge in [-0.3, -0.25) is 4.57 Å². The highest BCUT2D eigenvalue weighted by molar-refractivity contribution is 7.13. The van der Waals surface area contributed by atoms with Gasteiger partial charge in [-0.2, -0.15) is 9.97 Å². The van der Waals surface area contributed by atoms with Crippen molar-refractivity contribution in [3.8, 4) is 0 Å². The number of rotatable bonds is 12. The van der Waals surface area contributed by atoms with Gasteiger partial charge in [0.15, 0.2) is 11.5 Å². The highest BCUT2D eigenvalue weighted by Gasteiger charge is 2.50. The highest BCUT2D eigenvalue weighted by atomic mass is 35.5. The Kier molecular flexibility index (Phi) is 7.99. The van der Waals surface area contributed by atoms with Crippen molar-refractivity contribution in [2.24, 2.45) is 0 Å². The number of hydrogen-bond donors (Lipinski definition) is 5. The SMILES string of the molecule is CO[C@H](COC(Cc1cnc(C(=O)O)s1)(C(=O)O)C(=O)O)[C@@H](O)[C@H](F)n1cnc2c(N)nc(Cl)nc21. The summed E-state index contributed by atoms with van der Waals surface area (Å²) < 4.78 is 26.2. The topological polar surface area (TPSA) is 233 Å². The first-order chi connectivity index (χ1) is 16.9. The quantitative estimate of drug-likeness (QED) is 0.150. The van der Waals surface area contributed by atoms with Crippen molar-refractivity contribution < 1.29 is 48.7 Å². The van der Waals surface area contributed by atoms with Gasteiger partial charge < -0.3 is 35.6 Å². The number of aliphatic carboxylic acids is 2. The van der Waals surface area contributed by atoms with Crippen LogP contribution >= 0.6 is 22.9 Å². The van der Waals surface area contributed by atoms with E-state index in [-0.39, 0.29) is 27.1 Å². The summed E-state index contributed by atoms with van der Waals surface area (Å²) in [7, 11) is 1.05. The van der Waals surface area contributed by atoms with Crippen molar-refractivity contribution in [3.63, 3.8) is 0 Å². The Hall–Kier alpha value is -3.51. The molecule has 0 amide bonds. The first-order valence-electron chi connectivity index (χ1n) is 9.70. The number of methoxy groups -OCH3 is 1. The maximum absolute atomic E-state index is 15.3. The van der Waals surface area contributed by atoms with Crippen LogP contribution in [0.5, 0.6) is 0 Å². The number of halogens is 2. The molecule has 0 radical (unpaired) electrons. The number of nitrogen functional groups attached to an aromatic ring is 1. The zero-order chi connectivity index (χ0) is 26.8. The molecule has 0 aliphatic carbocycles. The smallest absolute Gasteiger partial charge is 0.365 e. The van der Waals surface area contributed by atoms with Gasteiger partial charge in [0, 0.05) is 24.6 Å². The lowest BCUT2D eigenvalue weighted by molar-refractivity contribution is -0.192. The van der Waals surface area contributed by atoms with Crippen LogP contribution in [0, 0.1) is 0 Å². The van der Waals surface area contributed by atoms with E-state index >= 15 is 4.39 Å². The second-order valence-electron chi connectivity index (χ2n) is 7.20. The standard InChI is InChI=1S/C18H18ClFN6O9S/c1-34-7(9(27)10(20)26-5-23-8-11(21)24-17(19)25-12(8)26)4-35-18(15(30)31,16(32)33)2-6-3-22-13(36-6)14(28)29/h3,5,7,9-10,27H,2,4H2,1H3,(H,28,29)(H,30,31)(H,32,33)(H2,21,24,25)/t7-,9-,10-/m1/s1. The second kappa shape index (κ2) is 10.6. The van der Waals surface area contributed by atoms with Crippen LogP contribution in [0.3, 0.4) is 0 Å². The van der Waals surface area contributed by atoms with E-state index in [2.05, 4.69) is 19.9 Å². The van der Waals surface area contributed by atoms with Crippen LogP contribution in [-0.4, -0.2) is 94.4 Å². The summed E-state index contributed by atoms with van der Waals surface area (Å²) in [6.45, 7) is -0.897. The Morgan fingerprint density at radius 1 is 1.25 bits per heavy atom. The first-order valence-corrected chi connectivity index (χ1v) is 10.9. The largest absolute Gasteiger partial charge is 0.479 e. The van der Waals surface area contributed by atoms with Crippen LogP contribution in [0.25, 0.3) is 11.2 Å². The fraction of sp³-hybridized carbons (Fsp3) is 0.389. The first kappa shape index (κ1) is 27.1. The zero-order valence-electron chi connectivity index (χ0n) is 18.1. The number of anilines is 1. The van der Waals surface area contributed by atoms with Gasteiger partial charge in [0.1, 0.15) is 17.7 Å². The van der Waals surface area contributed by atoms with Crippen molar-refractivity contribution >= 4 is 57.8 Å². The van der Waals surface area contributed by atoms with E-state index in [4.69, 9.17) is 31.9 Å². The maximum atomic E-state index is 15.3. The molecule has 18 heteroatoms. The Labute approximate surface area is 208 Å². The summed E-state index contributed by atoms with van der Waals surface area (Å²) in [5, 5.41) is 38.2. The van der Waals surface area contributed by atoms with Gasteiger partial charge in [-0.05, 0) is 11.6 Å². The average molecular weight is 549 g/mol. The minimum atomic E-state index is -2.93. The van der Waals surface area contributed by atoms with Crippen LogP contribution < -0.4 is 5.73 Å². The minimum absolute atomic E-state index is 0.000487. The lowest BCUT2D eigenvalue weighted by Gasteiger charge is -2.29. The molecule has 3 aromatic rings. The molecular formula is C18H18ClFN6O9S. The number of aromatic carboxylic acids is 1. The number of carboxylic acid groups (broad SMARTS) is 3. The number of thiazole rings is 1. The van der Waals surface area contributed by atoms with E-state index in [1.807, 2.05) is 0 Å². The number of aromatic nitrogens is 5. The number of carboxylic acids is 3. The maximum Gasteiger partial charge on any atom is 0.365 e. The summed E-state index contributed by atoms with van der Waals surface area (Å²) in [5.74, 6) is -5.38. The number of hydrogen-bond acceptors (Lipinski definition) is 12. The van der Waals surface area contributed by atoms with E-state index in [0.717, 1.165) is 24.2 Å². The molecule has 6 N–H and O–H groups in total. The number of aliphatic hydroxyl groups excluding tert-OH is 1. The number of imidazole rings is 1. The normalized spacial score (nSPS) is 14.4. The van der Waals surface area contributed by atoms with Gasteiger partial charge in [-0.1, -0.05) is 0 Å².